The number of carbonyl (C=O) groups excluding carboxylic acids is 5. The second-order valence-corrected chi connectivity index (χ2v) is 12.7. The number of hydrogen-bond acceptors (Lipinski definition) is 8. The quantitative estimate of drug-likeness (QED) is 0.300. The normalized spacial score (nSPS) is 16.5. The fraction of sp³-hybridized carbons (Fsp3) is 0.406. The summed E-state index contributed by atoms with van der Waals surface area (Å²) in [6.07, 6.45) is -0.0613. The molecule has 1 saturated heterocycles. The molecule has 1 aliphatic rings. The highest BCUT2D eigenvalue weighted by Crippen LogP contribution is 2.31. The van der Waals surface area contributed by atoms with Crippen LogP contribution in [-0.4, -0.2) is 64.6 Å². The van der Waals surface area contributed by atoms with Crippen molar-refractivity contribution < 1.29 is 38.2 Å². The third-order valence-corrected chi connectivity index (χ3v) is 7.83. The number of likely N-dealkylation sites (N-methyl/N-ethyl adjacent to an activating group) is 1. The molecule has 3 N–H and O–H groups in total. The molecule has 0 aliphatic carbocycles. The molecule has 1 fully saturated rings. The number of hydrogen-bond donors (Lipinski definition) is 3. The summed E-state index contributed by atoms with van der Waals surface area (Å²) in [5.74, 6) is -3.24. The van der Waals surface area contributed by atoms with E-state index in [1.54, 1.807) is 70.2 Å². The number of ether oxygens (including phenoxy) is 1. The number of nitrogens with one attached hydrogen (secondary N) is 2. The smallest absolute Gasteiger partial charge is 0.293 e. The van der Waals surface area contributed by atoms with Gasteiger partial charge in [0.2, 0.25) is 11.8 Å². The average molecular weight is 628 g/mol. The average Bonchev–Trinajstić information content (AvgIpc) is 3.18. The summed E-state index contributed by atoms with van der Waals surface area (Å²) in [6.45, 7) is 7.73. The first kappa shape index (κ1) is 34.5. The molecule has 3 atom stereocenters. The molecule has 0 aromatic heterocycles. The Kier molecular flexibility index (Phi) is 11.5. The minimum Gasteiger partial charge on any atom is -0.493 e. The number of carbonyl (C=O) groups is 5. The van der Waals surface area contributed by atoms with Gasteiger partial charge in [-0.15, -0.1) is 0 Å². The van der Waals surface area contributed by atoms with E-state index in [0.717, 1.165) is 22.2 Å². The molecule has 12 heteroatoms. The Morgan fingerprint density at radius 3 is 2.43 bits per heavy atom. The van der Waals surface area contributed by atoms with Crippen LogP contribution < -0.4 is 15.4 Å². The lowest BCUT2D eigenvalue weighted by Crippen LogP contribution is -2.52. The van der Waals surface area contributed by atoms with Crippen LogP contribution >= 0.6 is 11.8 Å². The molecule has 0 unspecified atom stereocenters. The van der Waals surface area contributed by atoms with Gasteiger partial charge < -0.3 is 20.5 Å². The number of amides is 4. The summed E-state index contributed by atoms with van der Waals surface area (Å²) in [7, 11) is 1.40. The van der Waals surface area contributed by atoms with Crippen molar-refractivity contribution >= 4 is 46.6 Å². The molecule has 1 aliphatic heterocycles. The molecule has 2 aromatic carbocycles. The van der Waals surface area contributed by atoms with E-state index < -0.39 is 52.8 Å². The van der Waals surface area contributed by atoms with Gasteiger partial charge in [0, 0.05) is 31.0 Å². The van der Waals surface area contributed by atoms with Crippen molar-refractivity contribution in [1.29, 1.82) is 0 Å². The first-order chi connectivity index (χ1) is 20.6. The zero-order valence-corrected chi connectivity index (χ0v) is 26.4. The Balaban J connectivity index is 1.79. The van der Waals surface area contributed by atoms with Crippen molar-refractivity contribution in [1.82, 2.24) is 15.5 Å². The number of thioether (sulfide) groups is 1. The standard InChI is InChI=1S/C32H38FN3O7S/c1-18-10-11-21(24(33)12-18)16-34-28(39)22(15-25(38)27(19(2)37)35-30(41)32(3,4)5)17-43-23-9-7-8-20(13-23)14-26-29(40)36(6)31(42)44-26/h7-14,19,22,27,37H,15-17H2,1-6H3,(H,34,39)(H,35,41)/t19-,22+,27+/m1/s1. The number of ketones is 1. The van der Waals surface area contributed by atoms with Crippen molar-refractivity contribution in [2.45, 2.75) is 59.7 Å². The summed E-state index contributed by atoms with van der Waals surface area (Å²) in [5, 5.41) is 15.1. The number of aryl methyl sites for hydroxylation is 1. The summed E-state index contributed by atoms with van der Waals surface area (Å²) in [6, 6.07) is 10.00. The lowest BCUT2D eigenvalue weighted by atomic mass is 9.92. The molecule has 2 aromatic rings. The van der Waals surface area contributed by atoms with Crippen LogP contribution in [0.5, 0.6) is 5.75 Å². The maximum atomic E-state index is 14.4. The lowest BCUT2D eigenvalue weighted by molar-refractivity contribution is -0.136. The SMILES string of the molecule is Cc1ccc(CNC(=O)[C@H](COc2cccc(C=C3SC(=O)N(C)C3=O)c2)CC(=O)[C@@H](NC(=O)C(C)(C)C)[C@@H](C)O)c(F)c1. The summed E-state index contributed by atoms with van der Waals surface area (Å²) < 4.78 is 20.3. The Morgan fingerprint density at radius 2 is 1.84 bits per heavy atom. The molecule has 3 rings (SSSR count). The molecular formula is C32H38FN3O7S. The van der Waals surface area contributed by atoms with Gasteiger partial charge in [-0.2, -0.15) is 0 Å². The molecule has 10 nitrogen and oxygen atoms in total. The fourth-order valence-electron chi connectivity index (χ4n) is 4.14. The maximum Gasteiger partial charge on any atom is 0.293 e. The number of imide groups is 1. The van der Waals surface area contributed by atoms with Gasteiger partial charge in [0.05, 0.1) is 16.9 Å². The molecule has 4 amide bonds. The molecule has 236 valence electrons. The maximum absolute atomic E-state index is 14.4. The number of halogens is 1. The van der Waals surface area contributed by atoms with Crippen molar-refractivity contribution in [3.05, 3.63) is 69.9 Å². The second-order valence-electron chi connectivity index (χ2n) is 11.7. The third-order valence-electron chi connectivity index (χ3n) is 6.87. The largest absolute Gasteiger partial charge is 0.493 e. The van der Waals surface area contributed by atoms with E-state index in [-0.39, 0.29) is 35.3 Å². The van der Waals surface area contributed by atoms with E-state index in [9.17, 15) is 33.5 Å². The van der Waals surface area contributed by atoms with Crippen molar-refractivity contribution in [2.24, 2.45) is 11.3 Å². The van der Waals surface area contributed by atoms with Crippen LogP contribution in [-0.2, 0) is 25.7 Å². The molecule has 0 spiro atoms. The fourth-order valence-corrected chi connectivity index (χ4v) is 4.96. The highest BCUT2D eigenvalue weighted by molar-refractivity contribution is 8.18. The highest BCUT2D eigenvalue weighted by Gasteiger charge is 2.34. The van der Waals surface area contributed by atoms with Gasteiger partial charge in [-0.25, -0.2) is 4.39 Å². The van der Waals surface area contributed by atoms with Crippen LogP contribution in [0.3, 0.4) is 0 Å². The number of benzene rings is 2. The molecule has 0 bridgehead atoms. The topological polar surface area (TPSA) is 142 Å². The number of rotatable bonds is 12. The van der Waals surface area contributed by atoms with E-state index in [1.165, 1.54) is 20.0 Å². The number of nitrogens with zero attached hydrogens (tertiary/aromatic N) is 1. The minimum atomic E-state index is -1.26. The minimum absolute atomic E-state index is 0.127. The van der Waals surface area contributed by atoms with Crippen LogP contribution in [0, 0.1) is 24.1 Å². The van der Waals surface area contributed by atoms with E-state index in [4.69, 9.17) is 4.74 Å². The van der Waals surface area contributed by atoms with Gasteiger partial charge in [0.1, 0.15) is 24.2 Å². The van der Waals surface area contributed by atoms with Gasteiger partial charge in [-0.1, -0.05) is 45.0 Å². The Bertz CT molecular complexity index is 1470. The van der Waals surface area contributed by atoms with E-state index in [2.05, 4.69) is 10.6 Å². The van der Waals surface area contributed by atoms with Gasteiger partial charge in [-0.3, -0.25) is 28.9 Å². The van der Waals surface area contributed by atoms with Gasteiger partial charge >= 0.3 is 0 Å². The van der Waals surface area contributed by atoms with E-state index in [0.29, 0.717) is 11.3 Å². The monoisotopic (exact) mass is 627 g/mol. The zero-order valence-electron chi connectivity index (χ0n) is 25.6. The Labute approximate surface area is 260 Å². The predicted molar refractivity (Wildman–Crippen MR) is 165 cm³/mol. The van der Waals surface area contributed by atoms with Crippen molar-refractivity contribution in [3.63, 3.8) is 0 Å². The third kappa shape index (κ3) is 9.23. The first-order valence-electron chi connectivity index (χ1n) is 14.1. The first-order valence-corrected chi connectivity index (χ1v) is 14.9. The van der Waals surface area contributed by atoms with Crippen LogP contribution in [0.2, 0.25) is 0 Å². The van der Waals surface area contributed by atoms with Gasteiger partial charge in [0.25, 0.3) is 11.1 Å². The molecular weight excluding hydrogens is 589 g/mol. The summed E-state index contributed by atoms with van der Waals surface area (Å²) in [5.41, 5.74) is 0.741. The molecule has 1 heterocycles. The van der Waals surface area contributed by atoms with E-state index in [1.807, 2.05) is 0 Å². The van der Waals surface area contributed by atoms with Crippen LogP contribution in [0.25, 0.3) is 6.08 Å². The van der Waals surface area contributed by atoms with Crippen LogP contribution in [0.4, 0.5) is 9.18 Å². The van der Waals surface area contributed by atoms with Crippen LogP contribution in [0.15, 0.2) is 47.4 Å². The molecule has 0 saturated carbocycles. The number of aliphatic hydroxyl groups is 1. The second kappa shape index (κ2) is 14.6. The predicted octanol–water partition coefficient (Wildman–Crippen LogP) is 3.98. The van der Waals surface area contributed by atoms with Gasteiger partial charge in [0.15, 0.2) is 5.78 Å². The Morgan fingerprint density at radius 1 is 1.14 bits per heavy atom. The summed E-state index contributed by atoms with van der Waals surface area (Å²) >= 11 is 0.817. The number of Topliss-reactive ketones (excluding diaryl/α,β-unsaturated/α-hetero) is 1. The van der Waals surface area contributed by atoms with Crippen molar-refractivity contribution in [3.8, 4) is 5.75 Å². The highest BCUT2D eigenvalue weighted by atomic mass is 32.2. The molecule has 44 heavy (non-hydrogen) atoms. The summed E-state index contributed by atoms with van der Waals surface area (Å²) in [4.78, 5) is 64.6. The van der Waals surface area contributed by atoms with E-state index >= 15 is 0 Å². The van der Waals surface area contributed by atoms with Gasteiger partial charge in [-0.05, 0) is 61.0 Å². The Hall–Kier alpha value is -4.03. The van der Waals surface area contributed by atoms with Crippen LogP contribution in [0.1, 0.15) is 50.8 Å². The van der Waals surface area contributed by atoms with Crippen molar-refractivity contribution in [2.75, 3.05) is 13.7 Å². The molecule has 0 radical (unpaired) electrons. The lowest BCUT2D eigenvalue weighted by Gasteiger charge is -2.26. The zero-order chi connectivity index (χ0) is 32.8. The number of aliphatic hydroxyl groups excluding tert-OH is 1.